The van der Waals surface area contributed by atoms with Gasteiger partial charge in [-0.25, -0.2) is 4.98 Å². The smallest absolute Gasteiger partial charge is 0.227 e. The maximum Gasteiger partial charge on any atom is 0.227 e. The summed E-state index contributed by atoms with van der Waals surface area (Å²) >= 11 is 0. The number of aryl methyl sites for hydroxylation is 6. The largest absolute Gasteiger partial charge is 0.437 e. The van der Waals surface area contributed by atoms with Crippen molar-refractivity contribution in [2.45, 2.75) is 99.0 Å². The number of allylic oxidation sites excluding steroid dienone is 1. The first kappa shape index (κ1) is 38.1. The lowest BCUT2D eigenvalue weighted by atomic mass is 9.78. The van der Waals surface area contributed by atoms with Gasteiger partial charge in [0.1, 0.15) is 5.92 Å². The van der Waals surface area contributed by atoms with Crippen LogP contribution in [0.4, 0.5) is 0 Å². The molecular weight excluding hydrogens is 731 g/mol. The van der Waals surface area contributed by atoms with E-state index in [4.69, 9.17) is 16.0 Å². The molecule has 8 aromatic rings. The van der Waals surface area contributed by atoms with Crippen LogP contribution in [0.3, 0.4) is 0 Å². The molecule has 4 heteroatoms. The number of aromatic nitrogens is 3. The Balaban J connectivity index is 1.21. The Kier molecular flexibility index (Phi) is 9.06. The van der Waals surface area contributed by atoms with Crippen molar-refractivity contribution in [1.82, 2.24) is 4.98 Å². The second kappa shape index (κ2) is 14.3. The van der Waals surface area contributed by atoms with Crippen molar-refractivity contribution in [2.75, 3.05) is 0 Å². The van der Waals surface area contributed by atoms with E-state index in [1.165, 1.54) is 78.0 Å². The van der Waals surface area contributed by atoms with Crippen LogP contribution >= 0.6 is 0 Å². The van der Waals surface area contributed by atoms with Gasteiger partial charge in [-0.2, -0.15) is 9.13 Å². The van der Waals surface area contributed by atoms with Gasteiger partial charge in [-0.05, 0) is 122 Å². The monoisotopic (exact) mass is 785 g/mol. The summed E-state index contributed by atoms with van der Waals surface area (Å²) in [7, 11) is 0. The predicted molar refractivity (Wildman–Crippen MR) is 247 cm³/mol. The van der Waals surface area contributed by atoms with E-state index in [1.54, 1.807) is 0 Å². The zero-order valence-electron chi connectivity index (χ0n) is 36.6. The average molecular weight is 786 g/mol. The van der Waals surface area contributed by atoms with Crippen LogP contribution in [-0.4, -0.2) is 4.98 Å². The van der Waals surface area contributed by atoms with Crippen LogP contribution in [0.2, 0.25) is 0 Å². The van der Waals surface area contributed by atoms with Crippen LogP contribution in [-0.2, 0) is 6.42 Å². The van der Waals surface area contributed by atoms with Crippen LogP contribution in [0.5, 0.6) is 0 Å². The van der Waals surface area contributed by atoms with Crippen LogP contribution in [0.1, 0.15) is 108 Å². The molecule has 10 rings (SSSR count). The molecule has 0 aliphatic carbocycles. The molecule has 2 unspecified atom stereocenters. The Morgan fingerprint density at radius 3 is 2.15 bits per heavy atom. The molecule has 0 amide bonds. The van der Waals surface area contributed by atoms with Gasteiger partial charge in [0.2, 0.25) is 17.1 Å². The summed E-state index contributed by atoms with van der Waals surface area (Å²) in [4.78, 5) is 5.45. The van der Waals surface area contributed by atoms with Crippen molar-refractivity contribution in [1.29, 1.82) is 0 Å². The molecule has 4 nitrogen and oxygen atoms in total. The first-order valence-corrected chi connectivity index (χ1v) is 21.8. The lowest BCUT2D eigenvalue weighted by Crippen LogP contribution is -2.51. The lowest BCUT2D eigenvalue weighted by Gasteiger charge is -2.30. The number of pyridine rings is 3. The third-order valence-corrected chi connectivity index (χ3v) is 13.7. The molecule has 0 saturated carbocycles. The Bertz CT molecular complexity index is 3070. The first-order valence-electron chi connectivity index (χ1n) is 21.8. The normalized spacial score (nSPS) is 15.9. The number of fused-ring (bicyclic) bond motifs is 13. The van der Waals surface area contributed by atoms with Gasteiger partial charge in [-0.15, -0.1) is 0 Å². The van der Waals surface area contributed by atoms with E-state index in [-0.39, 0.29) is 17.9 Å². The first-order chi connectivity index (χ1) is 28.9. The molecule has 0 saturated heterocycles. The van der Waals surface area contributed by atoms with Crippen molar-refractivity contribution >= 4 is 27.8 Å². The fraction of sp³-hybridized carbons (Fsp3) is 0.268. The summed E-state index contributed by atoms with van der Waals surface area (Å²) in [6.07, 6.45) is 6.55. The molecule has 2 atom stereocenters. The van der Waals surface area contributed by atoms with Crippen LogP contribution in [0, 0.1) is 34.6 Å². The minimum absolute atomic E-state index is 0.0759. The number of furan rings is 1. The van der Waals surface area contributed by atoms with Gasteiger partial charge in [-0.3, -0.25) is 0 Å². The van der Waals surface area contributed by atoms with Crippen molar-refractivity contribution in [2.24, 2.45) is 0 Å². The van der Waals surface area contributed by atoms with E-state index in [0.29, 0.717) is 11.6 Å². The Morgan fingerprint density at radius 1 is 0.683 bits per heavy atom. The minimum Gasteiger partial charge on any atom is -0.437 e. The highest BCUT2D eigenvalue weighted by atomic mass is 16.3. The highest BCUT2D eigenvalue weighted by Gasteiger charge is 2.47. The highest BCUT2D eigenvalue weighted by molar-refractivity contribution is 6.09. The third kappa shape index (κ3) is 5.90. The van der Waals surface area contributed by atoms with Gasteiger partial charge in [0.15, 0.2) is 29.7 Å². The SMILES string of the molecule is C=C1C2c3cc(C)ccc3-c3cc(C)c(C)c[n+]3C2CCc2ccc3c(oc4nc(-c5c(C(C)C)ccc(-c6ccccc6)c5C(C)C)ccc43)c2-c2cc(C)c(C)c[n+]21. The second-order valence-electron chi connectivity index (χ2n) is 18.3. The zero-order valence-corrected chi connectivity index (χ0v) is 36.6. The van der Waals surface area contributed by atoms with Gasteiger partial charge < -0.3 is 4.42 Å². The lowest BCUT2D eigenvalue weighted by molar-refractivity contribution is -0.720. The molecule has 60 heavy (non-hydrogen) atoms. The number of hydrogen-bond donors (Lipinski definition) is 0. The summed E-state index contributed by atoms with van der Waals surface area (Å²) in [6, 6.07) is 36.4. The number of hydrogen-bond acceptors (Lipinski definition) is 2. The van der Waals surface area contributed by atoms with Gasteiger partial charge in [0.25, 0.3) is 0 Å². The van der Waals surface area contributed by atoms with Gasteiger partial charge in [-0.1, -0.05) is 100.0 Å². The fourth-order valence-corrected chi connectivity index (χ4v) is 10.4. The molecule has 0 spiro atoms. The van der Waals surface area contributed by atoms with Crippen LogP contribution in [0.15, 0.2) is 120 Å². The van der Waals surface area contributed by atoms with Crippen LogP contribution < -0.4 is 9.13 Å². The molecule has 4 aromatic carbocycles. The molecule has 0 N–H and O–H groups in total. The Labute approximate surface area is 354 Å². The number of benzene rings is 4. The van der Waals surface area contributed by atoms with Gasteiger partial charge in [0.05, 0.1) is 16.8 Å². The molecule has 298 valence electrons. The maximum absolute atomic E-state index is 7.14. The van der Waals surface area contributed by atoms with Gasteiger partial charge >= 0.3 is 0 Å². The molecule has 6 heterocycles. The molecule has 2 aliphatic heterocycles. The predicted octanol–water partition coefficient (Wildman–Crippen LogP) is 13.8. The van der Waals surface area contributed by atoms with E-state index in [9.17, 15) is 0 Å². The highest BCUT2D eigenvalue weighted by Crippen LogP contribution is 2.48. The van der Waals surface area contributed by atoms with E-state index in [1.807, 2.05) is 0 Å². The quantitative estimate of drug-likeness (QED) is 0.167. The van der Waals surface area contributed by atoms with E-state index in [2.05, 4.69) is 181 Å². The summed E-state index contributed by atoms with van der Waals surface area (Å²) in [5.74, 6) is 0.689. The average Bonchev–Trinajstić information content (AvgIpc) is 3.62. The van der Waals surface area contributed by atoms with Crippen molar-refractivity contribution in [3.05, 3.63) is 166 Å². The van der Waals surface area contributed by atoms with Crippen LogP contribution in [0.25, 0.3) is 72.7 Å². The molecule has 0 fully saturated rings. The molecule has 4 aromatic heterocycles. The Morgan fingerprint density at radius 2 is 1.40 bits per heavy atom. The molecular formula is C56H55N3O+2. The minimum atomic E-state index is 0.0759. The topological polar surface area (TPSA) is 33.8 Å². The second-order valence-corrected chi connectivity index (χ2v) is 18.3. The molecule has 0 radical (unpaired) electrons. The van der Waals surface area contributed by atoms with Crippen molar-refractivity contribution in [3.63, 3.8) is 0 Å². The number of rotatable bonds is 4. The van der Waals surface area contributed by atoms with E-state index < -0.39 is 0 Å². The van der Waals surface area contributed by atoms with E-state index >= 15 is 0 Å². The van der Waals surface area contributed by atoms with Crippen molar-refractivity contribution < 1.29 is 13.6 Å². The van der Waals surface area contributed by atoms with Gasteiger partial charge in [0, 0.05) is 46.0 Å². The summed E-state index contributed by atoms with van der Waals surface area (Å²) in [6.45, 7) is 25.3. The molecule has 0 bridgehead atoms. The van der Waals surface area contributed by atoms with Crippen molar-refractivity contribution in [3.8, 4) is 44.9 Å². The maximum atomic E-state index is 7.14. The summed E-state index contributed by atoms with van der Waals surface area (Å²) in [5, 5.41) is 2.13. The zero-order chi connectivity index (χ0) is 41.7. The van der Waals surface area contributed by atoms with E-state index in [0.717, 1.165) is 51.8 Å². The summed E-state index contributed by atoms with van der Waals surface area (Å²) in [5.41, 5.74) is 23.8. The summed E-state index contributed by atoms with van der Waals surface area (Å²) < 4.78 is 12.1. The third-order valence-electron chi connectivity index (χ3n) is 13.7. The Hall–Kier alpha value is -6.13. The number of nitrogens with zero attached hydrogens (tertiary/aromatic N) is 3. The fourth-order valence-electron chi connectivity index (χ4n) is 10.4. The standard InChI is InChI=1S/C56H55N3O/c1-31(2)41-21-22-42(39-14-12-11-13-15-39)51(32(3)4)54(41)47-24-23-45-44-20-17-40-18-25-48-52(46-26-33(5)16-19-43(46)49-27-34(6)37(9)30-59(48)49)38(10)58-29-36(8)35(7)28-50(58)53(40)55(44)60-56(45)57-47/h11-17,19-24,26-32,48,52H,10,18,25H2,1-9H3/q+2. The molecule has 2 aliphatic rings.